The van der Waals surface area contributed by atoms with Crippen molar-refractivity contribution in [2.45, 2.75) is 18.8 Å². The van der Waals surface area contributed by atoms with Gasteiger partial charge in [0.25, 0.3) is 11.1 Å². The largest absolute Gasteiger partial charge is 0.484 e. The van der Waals surface area contributed by atoms with Crippen molar-refractivity contribution < 1.29 is 19.1 Å². The first-order valence-electron chi connectivity index (χ1n) is 5.50. The highest BCUT2D eigenvalue weighted by Crippen LogP contribution is 2.19. The van der Waals surface area contributed by atoms with E-state index in [4.69, 9.17) is 14.3 Å². The van der Waals surface area contributed by atoms with Crippen LogP contribution in [0.2, 0.25) is 0 Å². The average molecular weight is 280 g/mol. The van der Waals surface area contributed by atoms with Crippen molar-refractivity contribution in [3.05, 3.63) is 35.7 Å². The van der Waals surface area contributed by atoms with Gasteiger partial charge in [0.2, 0.25) is 0 Å². The number of carbonyl (C=O) groups is 1. The van der Waals surface area contributed by atoms with Crippen LogP contribution in [0.25, 0.3) is 0 Å². The molecule has 1 aromatic heterocycles. The highest BCUT2D eigenvalue weighted by molar-refractivity contribution is 7.99. The van der Waals surface area contributed by atoms with Gasteiger partial charge in [-0.15, -0.1) is 10.2 Å². The Labute approximate surface area is 113 Å². The summed E-state index contributed by atoms with van der Waals surface area (Å²) in [7, 11) is 0. The fraction of sp³-hybridized carbons (Fsp3) is 0.250. The van der Waals surface area contributed by atoms with Crippen molar-refractivity contribution in [1.29, 1.82) is 0 Å². The van der Waals surface area contributed by atoms with Gasteiger partial charge in [-0.05, 0) is 18.6 Å². The second kappa shape index (κ2) is 6.24. The van der Waals surface area contributed by atoms with Gasteiger partial charge in [0.15, 0.2) is 6.61 Å². The van der Waals surface area contributed by atoms with E-state index in [0.717, 1.165) is 23.1 Å². The number of carboxylic acid groups (broad SMARTS) is 1. The number of ether oxygens (including phenoxy) is 1. The molecule has 1 aromatic carbocycles. The van der Waals surface area contributed by atoms with Gasteiger partial charge < -0.3 is 14.3 Å². The maximum atomic E-state index is 10.4. The van der Waals surface area contributed by atoms with Crippen molar-refractivity contribution in [3.63, 3.8) is 0 Å². The van der Waals surface area contributed by atoms with Crippen LogP contribution in [0.3, 0.4) is 0 Å². The van der Waals surface area contributed by atoms with Gasteiger partial charge in [0, 0.05) is 0 Å². The van der Waals surface area contributed by atoms with Crippen molar-refractivity contribution >= 4 is 17.7 Å². The summed E-state index contributed by atoms with van der Waals surface area (Å²) in [6.45, 7) is 2.10. The molecule has 0 aliphatic rings. The van der Waals surface area contributed by atoms with E-state index in [1.807, 2.05) is 31.2 Å². The third-order valence-corrected chi connectivity index (χ3v) is 3.02. The third-order valence-electron chi connectivity index (χ3n) is 2.21. The zero-order valence-electron chi connectivity index (χ0n) is 10.2. The molecule has 0 aliphatic heterocycles. The summed E-state index contributed by atoms with van der Waals surface area (Å²) in [5, 5.41) is 16.3. The molecule has 0 radical (unpaired) electrons. The normalized spacial score (nSPS) is 10.4. The van der Waals surface area contributed by atoms with E-state index in [-0.39, 0.29) is 17.6 Å². The Morgan fingerprint density at radius 3 is 2.95 bits per heavy atom. The van der Waals surface area contributed by atoms with Crippen LogP contribution < -0.4 is 4.74 Å². The summed E-state index contributed by atoms with van der Waals surface area (Å²) >= 11 is 0.979. The summed E-state index contributed by atoms with van der Waals surface area (Å²) in [5.74, 6) is 0.0257. The Balaban J connectivity index is 1.90. The standard InChI is InChI=1S/C12H12N2O4S/c1-8-4-2-3-5-9(8)17-6-10-13-14-12(18-10)19-7-11(15)16/h2-5H,6-7H2,1H3,(H,15,16). The molecular weight excluding hydrogens is 268 g/mol. The van der Waals surface area contributed by atoms with Crippen LogP contribution in [0.5, 0.6) is 5.75 Å². The lowest BCUT2D eigenvalue weighted by molar-refractivity contribution is -0.133. The molecule has 100 valence electrons. The summed E-state index contributed by atoms with van der Waals surface area (Å²) in [5.41, 5.74) is 1.02. The van der Waals surface area contributed by atoms with Crippen LogP contribution in [0.15, 0.2) is 33.9 Å². The fourth-order valence-corrected chi connectivity index (χ4v) is 1.84. The van der Waals surface area contributed by atoms with E-state index in [9.17, 15) is 4.79 Å². The van der Waals surface area contributed by atoms with Gasteiger partial charge in [-0.1, -0.05) is 30.0 Å². The van der Waals surface area contributed by atoms with Crippen molar-refractivity contribution in [1.82, 2.24) is 10.2 Å². The van der Waals surface area contributed by atoms with Crippen LogP contribution in [0, 0.1) is 6.92 Å². The molecule has 2 aromatic rings. The lowest BCUT2D eigenvalue weighted by Crippen LogP contribution is -1.97. The molecule has 1 heterocycles. The summed E-state index contributed by atoms with van der Waals surface area (Å²) < 4.78 is 10.8. The van der Waals surface area contributed by atoms with Crippen molar-refractivity contribution in [2.24, 2.45) is 0 Å². The van der Waals surface area contributed by atoms with E-state index < -0.39 is 5.97 Å². The Morgan fingerprint density at radius 2 is 2.21 bits per heavy atom. The van der Waals surface area contributed by atoms with E-state index in [1.165, 1.54) is 0 Å². The molecule has 0 atom stereocenters. The molecule has 0 bridgehead atoms. The Kier molecular flexibility index (Phi) is 4.40. The quantitative estimate of drug-likeness (QED) is 0.811. The van der Waals surface area contributed by atoms with Gasteiger partial charge in [-0.3, -0.25) is 4.79 Å². The van der Waals surface area contributed by atoms with Crippen LogP contribution >= 0.6 is 11.8 Å². The van der Waals surface area contributed by atoms with Gasteiger partial charge in [-0.25, -0.2) is 0 Å². The van der Waals surface area contributed by atoms with Gasteiger partial charge in [-0.2, -0.15) is 0 Å². The maximum Gasteiger partial charge on any atom is 0.314 e. The minimum atomic E-state index is -0.930. The molecule has 0 unspecified atom stereocenters. The molecule has 1 N–H and O–H groups in total. The molecule has 19 heavy (non-hydrogen) atoms. The number of aliphatic carboxylic acids is 1. The highest BCUT2D eigenvalue weighted by atomic mass is 32.2. The van der Waals surface area contributed by atoms with E-state index in [0.29, 0.717) is 5.89 Å². The van der Waals surface area contributed by atoms with Gasteiger partial charge in [0.05, 0.1) is 0 Å². The van der Waals surface area contributed by atoms with Crippen LogP contribution in [-0.4, -0.2) is 27.0 Å². The molecule has 0 spiro atoms. The van der Waals surface area contributed by atoms with Crippen LogP contribution in [0.1, 0.15) is 11.5 Å². The minimum Gasteiger partial charge on any atom is -0.484 e. The summed E-state index contributed by atoms with van der Waals surface area (Å²) in [6.07, 6.45) is 0. The zero-order valence-corrected chi connectivity index (χ0v) is 11.0. The number of hydrogen-bond acceptors (Lipinski definition) is 6. The SMILES string of the molecule is Cc1ccccc1OCc1nnc(SCC(=O)O)o1. The number of rotatable bonds is 6. The first kappa shape index (κ1) is 13.4. The van der Waals surface area contributed by atoms with E-state index >= 15 is 0 Å². The second-order valence-electron chi connectivity index (χ2n) is 3.70. The smallest absolute Gasteiger partial charge is 0.314 e. The monoisotopic (exact) mass is 280 g/mol. The molecule has 0 aliphatic carbocycles. The molecule has 7 heteroatoms. The highest BCUT2D eigenvalue weighted by Gasteiger charge is 2.09. The van der Waals surface area contributed by atoms with Crippen molar-refractivity contribution in [2.75, 3.05) is 5.75 Å². The van der Waals surface area contributed by atoms with Crippen molar-refractivity contribution in [3.8, 4) is 5.75 Å². The summed E-state index contributed by atoms with van der Waals surface area (Å²) in [4.78, 5) is 10.4. The lowest BCUT2D eigenvalue weighted by atomic mass is 10.2. The van der Waals surface area contributed by atoms with Gasteiger partial charge in [0.1, 0.15) is 11.5 Å². The number of nitrogens with zero attached hydrogens (tertiary/aromatic N) is 2. The molecule has 6 nitrogen and oxygen atoms in total. The zero-order chi connectivity index (χ0) is 13.7. The van der Waals surface area contributed by atoms with E-state index in [1.54, 1.807) is 0 Å². The number of thioether (sulfide) groups is 1. The molecular formula is C12H12N2O4S. The Morgan fingerprint density at radius 1 is 1.42 bits per heavy atom. The summed E-state index contributed by atoms with van der Waals surface area (Å²) in [6, 6.07) is 7.60. The van der Waals surface area contributed by atoms with Crippen LogP contribution in [0.4, 0.5) is 0 Å². The number of hydrogen-bond donors (Lipinski definition) is 1. The van der Waals surface area contributed by atoms with Gasteiger partial charge >= 0.3 is 5.97 Å². The number of benzene rings is 1. The molecule has 0 saturated carbocycles. The minimum absolute atomic E-state index is 0.111. The number of para-hydroxylation sites is 1. The third kappa shape index (κ3) is 3.99. The first-order valence-corrected chi connectivity index (χ1v) is 6.49. The predicted molar refractivity (Wildman–Crippen MR) is 68.2 cm³/mol. The van der Waals surface area contributed by atoms with E-state index in [2.05, 4.69) is 10.2 Å². The number of aromatic nitrogens is 2. The predicted octanol–water partition coefficient (Wildman–Crippen LogP) is 2.13. The maximum absolute atomic E-state index is 10.4. The number of aryl methyl sites for hydroxylation is 1. The molecule has 2 rings (SSSR count). The molecule has 0 saturated heterocycles. The average Bonchev–Trinajstić information content (AvgIpc) is 2.83. The lowest BCUT2D eigenvalue weighted by Gasteiger charge is -2.05. The molecule has 0 fully saturated rings. The second-order valence-corrected chi connectivity index (χ2v) is 4.62. The Bertz CT molecular complexity index is 570. The fourth-order valence-electron chi connectivity index (χ4n) is 1.34. The topological polar surface area (TPSA) is 85.5 Å². The number of carboxylic acids is 1. The Hall–Kier alpha value is -2.02. The first-order chi connectivity index (χ1) is 9.15. The van der Waals surface area contributed by atoms with Crippen LogP contribution in [-0.2, 0) is 11.4 Å². The molecule has 0 amide bonds.